The van der Waals surface area contributed by atoms with Crippen LogP contribution in [0.5, 0.6) is 0 Å². The van der Waals surface area contributed by atoms with Crippen molar-refractivity contribution in [2.45, 2.75) is 6.92 Å². The number of Topliss-reactive ketones (excluding diaryl/α,β-unsaturated/α-hetero) is 1. The number of hydrogen-bond donors (Lipinski definition) is 1. The topological polar surface area (TPSA) is 92.8 Å². The standard InChI is InChI=1S/C21H18N2O5/c1-13-17-5-3-4-6-18(17)21(27)23(13)11-20(26)28-12-19(25)22-16-9-7-15(8-10-16)14(2)24/h3-10H,1,11-12H2,2H3,(H,22,25). The second kappa shape index (κ2) is 7.87. The normalized spacial score (nSPS) is 12.5. The SMILES string of the molecule is C=C1c2ccccc2C(=O)N1CC(=O)OCC(=O)Nc1ccc(C(C)=O)cc1. The molecular formula is C21H18N2O5. The number of amides is 2. The fraction of sp³-hybridized carbons (Fsp3) is 0.143. The summed E-state index contributed by atoms with van der Waals surface area (Å²) < 4.78 is 4.96. The van der Waals surface area contributed by atoms with E-state index in [0.29, 0.717) is 28.1 Å². The first-order valence-electron chi connectivity index (χ1n) is 8.53. The van der Waals surface area contributed by atoms with Crippen molar-refractivity contribution in [2.75, 3.05) is 18.5 Å². The molecule has 0 aromatic heterocycles. The Balaban J connectivity index is 1.50. The largest absolute Gasteiger partial charge is 0.454 e. The van der Waals surface area contributed by atoms with Gasteiger partial charge in [0, 0.05) is 28.1 Å². The number of benzene rings is 2. The second-order valence-electron chi connectivity index (χ2n) is 6.23. The maximum Gasteiger partial charge on any atom is 0.326 e. The van der Waals surface area contributed by atoms with Crippen LogP contribution in [-0.4, -0.2) is 41.6 Å². The third kappa shape index (κ3) is 3.98. The van der Waals surface area contributed by atoms with Crippen LogP contribution >= 0.6 is 0 Å². The van der Waals surface area contributed by atoms with Gasteiger partial charge in [-0.3, -0.25) is 24.1 Å². The average molecular weight is 378 g/mol. The van der Waals surface area contributed by atoms with Gasteiger partial charge in [-0.15, -0.1) is 0 Å². The van der Waals surface area contributed by atoms with Gasteiger partial charge in [0.05, 0.1) is 0 Å². The van der Waals surface area contributed by atoms with Crippen molar-refractivity contribution in [3.8, 4) is 0 Å². The summed E-state index contributed by atoms with van der Waals surface area (Å²) in [6.45, 7) is 4.48. The Kier molecular flexibility index (Phi) is 5.35. The Bertz CT molecular complexity index is 944. The number of ketones is 1. The summed E-state index contributed by atoms with van der Waals surface area (Å²) in [5.74, 6) is -1.65. The molecule has 1 heterocycles. The van der Waals surface area contributed by atoms with E-state index in [-0.39, 0.29) is 18.2 Å². The van der Waals surface area contributed by atoms with Crippen LogP contribution in [-0.2, 0) is 14.3 Å². The summed E-state index contributed by atoms with van der Waals surface area (Å²) >= 11 is 0. The van der Waals surface area contributed by atoms with Crippen molar-refractivity contribution >= 4 is 35.0 Å². The second-order valence-corrected chi connectivity index (χ2v) is 6.23. The van der Waals surface area contributed by atoms with Crippen molar-refractivity contribution in [1.29, 1.82) is 0 Å². The first kappa shape index (κ1) is 19.0. The smallest absolute Gasteiger partial charge is 0.326 e. The lowest BCUT2D eigenvalue weighted by Crippen LogP contribution is -2.32. The molecule has 0 bridgehead atoms. The molecule has 1 N–H and O–H groups in total. The van der Waals surface area contributed by atoms with Gasteiger partial charge in [0.25, 0.3) is 11.8 Å². The maximum absolute atomic E-state index is 12.4. The number of fused-ring (bicyclic) bond motifs is 1. The van der Waals surface area contributed by atoms with Crippen molar-refractivity contribution in [3.05, 3.63) is 71.8 Å². The van der Waals surface area contributed by atoms with Crippen LogP contribution in [0, 0.1) is 0 Å². The number of ether oxygens (including phenoxy) is 1. The molecule has 0 aliphatic carbocycles. The summed E-state index contributed by atoms with van der Waals surface area (Å²) in [6.07, 6.45) is 0. The molecule has 1 aliphatic rings. The summed E-state index contributed by atoms with van der Waals surface area (Å²) in [5, 5.41) is 2.56. The highest BCUT2D eigenvalue weighted by molar-refractivity contribution is 6.10. The van der Waals surface area contributed by atoms with Gasteiger partial charge < -0.3 is 10.1 Å². The van der Waals surface area contributed by atoms with Crippen LogP contribution in [0.1, 0.15) is 33.2 Å². The van der Waals surface area contributed by atoms with Gasteiger partial charge in [0.1, 0.15) is 6.54 Å². The number of hydrogen-bond acceptors (Lipinski definition) is 5. The van der Waals surface area contributed by atoms with Gasteiger partial charge >= 0.3 is 5.97 Å². The number of rotatable bonds is 6. The zero-order valence-corrected chi connectivity index (χ0v) is 15.2. The molecule has 28 heavy (non-hydrogen) atoms. The Morgan fingerprint density at radius 2 is 1.68 bits per heavy atom. The molecule has 0 unspecified atom stereocenters. The molecule has 1 aliphatic heterocycles. The summed E-state index contributed by atoms with van der Waals surface area (Å²) in [6, 6.07) is 13.3. The van der Waals surface area contributed by atoms with E-state index in [4.69, 9.17) is 4.74 Å². The van der Waals surface area contributed by atoms with E-state index in [1.807, 2.05) is 0 Å². The molecule has 7 nitrogen and oxygen atoms in total. The van der Waals surface area contributed by atoms with Crippen LogP contribution in [0.2, 0.25) is 0 Å². The molecule has 0 spiro atoms. The monoisotopic (exact) mass is 378 g/mol. The quantitative estimate of drug-likeness (QED) is 0.616. The molecule has 2 aromatic carbocycles. The van der Waals surface area contributed by atoms with E-state index >= 15 is 0 Å². The molecule has 3 rings (SSSR count). The van der Waals surface area contributed by atoms with Crippen LogP contribution in [0.25, 0.3) is 5.70 Å². The predicted octanol–water partition coefficient (Wildman–Crippen LogP) is 2.50. The minimum atomic E-state index is -0.718. The molecule has 0 saturated carbocycles. The van der Waals surface area contributed by atoms with Gasteiger partial charge in [-0.2, -0.15) is 0 Å². The van der Waals surface area contributed by atoms with Gasteiger partial charge in [0.15, 0.2) is 12.4 Å². The molecule has 2 amide bonds. The lowest BCUT2D eigenvalue weighted by Gasteiger charge is -2.16. The number of esters is 1. The minimum Gasteiger partial charge on any atom is -0.454 e. The van der Waals surface area contributed by atoms with Crippen LogP contribution in [0.15, 0.2) is 55.1 Å². The van der Waals surface area contributed by atoms with E-state index in [0.717, 1.165) is 0 Å². The fourth-order valence-corrected chi connectivity index (χ4v) is 2.81. The van der Waals surface area contributed by atoms with Crippen molar-refractivity contribution in [2.24, 2.45) is 0 Å². The predicted molar refractivity (Wildman–Crippen MR) is 103 cm³/mol. The molecule has 0 fully saturated rings. The van der Waals surface area contributed by atoms with E-state index < -0.39 is 18.5 Å². The lowest BCUT2D eigenvalue weighted by atomic mass is 10.1. The highest BCUT2D eigenvalue weighted by Crippen LogP contribution is 2.30. The van der Waals surface area contributed by atoms with E-state index in [9.17, 15) is 19.2 Å². The minimum absolute atomic E-state index is 0.0768. The third-order valence-corrected chi connectivity index (χ3v) is 4.27. The first-order chi connectivity index (χ1) is 13.4. The average Bonchev–Trinajstić information content (AvgIpc) is 2.92. The van der Waals surface area contributed by atoms with Crippen LogP contribution < -0.4 is 5.32 Å². The molecule has 0 atom stereocenters. The number of carbonyl (C=O) groups is 4. The van der Waals surface area contributed by atoms with Crippen molar-refractivity contribution in [3.63, 3.8) is 0 Å². The lowest BCUT2D eigenvalue weighted by molar-refractivity contribution is -0.147. The molecule has 142 valence electrons. The summed E-state index contributed by atoms with van der Waals surface area (Å²) in [5.41, 5.74) is 2.58. The number of nitrogens with one attached hydrogen (secondary N) is 1. The molecule has 0 saturated heterocycles. The Hall–Kier alpha value is -3.74. The van der Waals surface area contributed by atoms with Crippen molar-refractivity contribution < 1.29 is 23.9 Å². The number of anilines is 1. The van der Waals surface area contributed by atoms with E-state index in [1.54, 1.807) is 48.5 Å². The Morgan fingerprint density at radius 1 is 1.04 bits per heavy atom. The van der Waals surface area contributed by atoms with E-state index in [2.05, 4.69) is 11.9 Å². The third-order valence-electron chi connectivity index (χ3n) is 4.27. The molecule has 7 heteroatoms. The Morgan fingerprint density at radius 3 is 2.29 bits per heavy atom. The zero-order chi connectivity index (χ0) is 20.3. The van der Waals surface area contributed by atoms with Gasteiger partial charge in [-0.25, -0.2) is 0 Å². The fourth-order valence-electron chi connectivity index (χ4n) is 2.81. The highest BCUT2D eigenvalue weighted by atomic mass is 16.5. The Labute approximate surface area is 161 Å². The van der Waals surface area contributed by atoms with Gasteiger partial charge in [-0.05, 0) is 37.3 Å². The number of nitrogens with zero attached hydrogens (tertiary/aromatic N) is 1. The summed E-state index contributed by atoms with van der Waals surface area (Å²) in [7, 11) is 0. The van der Waals surface area contributed by atoms with Crippen LogP contribution in [0.4, 0.5) is 5.69 Å². The molecular weight excluding hydrogens is 360 g/mol. The maximum atomic E-state index is 12.4. The number of carbonyl (C=O) groups excluding carboxylic acids is 4. The van der Waals surface area contributed by atoms with E-state index in [1.165, 1.54) is 11.8 Å². The van der Waals surface area contributed by atoms with Gasteiger partial charge in [-0.1, -0.05) is 24.8 Å². The van der Waals surface area contributed by atoms with Crippen LogP contribution in [0.3, 0.4) is 0 Å². The first-order valence-corrected chi connectivity index (χ1v) is 8.53. The van der Waals surface area contributed by atoms with Gasteiger partial charge in [0.2, 0.25) is 0 Å². The zero-order valence-electron chi connectivity index (χ0n) is 15.2. The van der Waals surface area contributed by atoms with Crippen molar-refractivity contribution in [1.82, 2.24) is 4.90 Å². The molecule has 0 radical (unpaired) electrons. The summed E-state index contributed by atoms with van der Waals surface area (Å²) in [4.78, 5) is 48.8. The highest BCUT2D eigenvalue weighted by Gasteiger charge is 2.32. The molecule has 2 aromatic rings.